The highest BCUT2D eigenvalue weighted by Gasteiger charge is 2.30. The zero-order valence-corrected chi connectivity index (χ0v) is 10.7. The topological polar surface area (TPSA) is 81.1 Å². The number of nitrogens with zero attached hydrogens (tertiary/aromatic N) is 2. The molecule has 1 saturated heterocycles. The molecule has 0 radical (unpaired) electrons. The van der Waals surface area contributed by atoms with Gasteiger partial charge in [0, 0.05) is 18.7 Å². The lowest BCUT2D eigenvalue weighted by molar-refractivity contribution is 0.111. The molecule has 1 fully saturated rings. The first-order valence-electron chi connectivity index (χ1n) is 6.07. The Labute approximate surface area is 105 Å². The molecule has 18 heavy (non-hydrogen) atoms. The van der Waals surface area contributed by atoms with Crippen LogP contribution >= 0.6 is 0 Å². The van der Waals surface area contributed by atoms with Crippen LogP contribution < -0.4 is 5.32 Å². The Morgan fingerprint density at radius 2 is 2.00 bits per heavy atom. The quantitative estimate of drug-likeness (QED) is 0.767. The summed E-state index contributed by atoms with van der Waals surface area (Å²) >= 11 is 0. The predicted molar refractivity (Wildman–Crippen MR) is 65.1 cm³/mol. The normalized spacial score (nSPS) is 22.9. The van der Waals surface area contributed by atoms with Gasteiger partial charge in [0.05, 0.1) is 23.2 Å². The molecule has 98 valence electrons. The fourth-order valence-corrected chi connectivity index (χ4v) is 4.16. The molecule has 0 atom stereocenters. The lowest BCUT2D eigenvalue weighted by Gasteiger charge is -2.23. The van der Waals surface area contributed by atoms with Crippen LogP contribution in [0.3, 0.4) is 0 Å². The van der Waals surface area contributed by atoms with E-state index in [4.69, 9.17) is 0 Å². The van der Waals surface area contributed by atoms with E-state index in [-0.39, 0.29) is 17.5 Å². The van der Waals surface area contributed by atoms with Gasteiger partial charge in [-0.2, -0.15) is 5.10 Å². The Kier molecular flexibility index (Phi) is 2.74. The maximum Gasteiger partial charge on any atom is 0.168 e. The largest absolute Gasteiger partial charge is 0.307 e. The van der Waals surface area contributed by atoms with Crippen molar-refractivity contribution in [2.75, 3.05) is 11.5 Å². The highest BCUT2D eigenvalue weighted by atomic mass is 32.2. The highest BCUT2D eigenvalue weighted by Crippen LogP contribution is 2.28. The summed E-state index contributed by atoms with van der Waals surface area (Å²) in [5.74, 6) is 0.386. The minimum Gasteiger partial charge on any atom is -0.307 e. The van der Waals surface area contributed by atoms with Crippen LogP contribution in [0.1, 0.15) is 40.6 Å². The first kappa shape index (κ1) is 11.9. The van der Waals surface area contributed by atoms with Crippen molar-refractivity contribution in [3.8, 4) is 0 Å². The van der Waals surface area contributed by atoms with Gasteiger partial charge >= 0.3 is 0 Å². The first-order valence-corrected chi connectivity index (χ1v) is 7.89. The SMILES string of the molecule is O=Cc1c2c(nn1C1CCS(=O)(=O)CC1)CNC2. The molecule has 7 heteroatoms. The number of carbonyl (C=O) groups is 1. The summed E-state index contributed by atoms with van der Waals surface area (Å²) in [5.41, 5.74) is 2.50. The Hall–Kier alpha value is -1.21. The number of fused-ring (bicyclic) bond motifs is 1. The van der Waals surface area contributed by atoms with Crippen molar-refractivity contribution < 1.29 is 13.2 Å². The second-order valence-corrected chi connectivity index (χ2v) is 7.16. The van der Waals surface area contributed by atoms with Crippen LogP contribution in [0, 0.1) is 0 Å². The van der Waals surface area contributed by atoms with Crippen LogP contribution in [0.5, 0.6) is 0 Å². The first-order chi connectivity index (χ1) is 8.61. The molecular formula is C11H15N3O3S. The lowest BCUT2D eigenvalue weighted by Crippen LogP contribution is -2.27. The van der Waals surface area contributed by atoms with E-state index in [0.717, 1.165) is 17.5 Å². The summed E-state index contributed by atoms with van der Waals surface area (Å²) in [6.45, 7) is 1.36. The van der Waals surface area contributed by atoms with Gasteiger partial charge in [-0.15, -0.1) is 0 Å². The fourth-order valence-electron chi connectivity index (χ4n) is 2.70. The highest BCUT2D eigenvalue weighted by molar-refractivity contribution is 7.91. The van der Waals surface area contributed by atoms with E-state index in [1.807, 2.05) is 0 Å². The van der Waals surface area contributed by atoms with Gasteiger partial charge in [-0.1, -0.05) is 0 Å². The number of aromatic nitrogens is 2. The fraction of sp³-hybridized carbons (Fsp3) is 0.636. The van der Waals surface area contributed by atoms with Crippen molar-refractivity contribution in [1.29, 1.82) is 0 Å². The Morgan fingerprint density at radius 1 is 1.28 bits per heavy atom. The Bertz CT molecular complexity index is 577. The maximum absolute atomic E-state index is 11.4. The molecule has 1 aromatic heterocycles. The van der Waals surface area contributed by atoms with Crippen molar-refractivity contribution in [3.05, 3.63) is 17.0 Å². The summed E-state index contributed by atoms with van der Waals surface area (Å²) < 4.78 is 24.6. The zero-order chi connectivity index (χ0) is 12.8. The molecule has 0 aliphatic carbocycles. The monoisotopic (exact) mass is 269 g/mol. The minimum absolute atomic E-state index is 0.0410. The van der Waals surface area contributed by atoms with E-state index in [1.54, 1.807) is 4.68 Å². The van der Waals surface area contributed by atoms with E-state index in [0.29, 0.717) is 31.6 Å². The molecule has 0 spiro atoms. The van der Waals surface area contributed by atoms with Gasteiger partial charge in [0.15, 0.2) is 6.29 Å². The number of nitrogens with one attached hydrogen (secondary N) is 1. The molecule has 3 rings (SSSR count). The van der Waals surface area contributed by atoms with Crippen LogP contribution in [-0.4, -0.2) is 36.0 Å². The van der Waals surface area contributed by atoms with Crippen LogP contribution in [-0.2, 0) is 22.9 Å². The van der Waals surface area contributed by atoms with E-state index >= 15 is 0 Å². The van der Waals surface area contributed by atoms with Crippen LogP contribution in [0.4, 0.5) is 0 Å². The smallest absolute Gasteiger partial charge is 0.168 e. The summed E-state index contributed by atoms with van der Waals surface area (Å²) in [4.78, 5) is 11.2. The van der Waals surface area contributed by atoms with Gasteiger partial charge < -0.3 is 5.32 Å². The number of hydrogen-bond acceptors (Lipinski definition) is 5. The van der Waals surface area contributed by atoms with Crippen molar-refractivity contribution in [2.24, 2.45) is 0 Å². The molecule has 1 aromatic rings. The number of carbonyl (C=O) groups excluding carboxylic acids is 1. The molecule has 0 saturated carbocycles. The van der Waals surface area contributed by atoms with Gasteiger partial charge in [-0.3, -0.25) is 9.48 Å². The average molecular weight is 269 g/mol. The van der Waals surface area contributed by atoms with E-state index < -0.39 is 9.84 Å². The number of hydrogen-bond donors (Lipinski definition) is 1. The number of aldehydes is 1. The molecule has 6 nitrogen and oxygen atoms in total. The zero-order valence-electron chi connectivity index (χ0n) is 9.92. The third-order valence-corrected chi connectivity index (χ3v) is 5.42. The summed E-state index contributed by atoms with van der Waals surface area (Å²) in [7, 11) is -2.88. The molecule has 0 unspecified atom stereocenters. The molecule has 0 amide bonds. The molecule has 0 aromatic carbocycles. The minimum atomic E-state index is -2.88. The average Bonchev–Trinajstić information content (AvgIpc) is 2.88. The maximum atomic E-state index is 11.4. The van der Waals surface area contributed by atoms with Gasteiger partial charge in [-0.05, 0) is 12.8 Å². The molecule has 3 heterocycles. The van der Waals surface area contributed by atoms with Gasteiger partial charge in [0.25, 0.3) is 0 Å². The molecule has 2 aliphatic rings. The lowest BCUT2D eigenvalue weighted by atomic mass is 10.1. The van der Waals surface area contributed by atoms with Crippen molar-refractivity contribution in [1.82, 2.24) is 15.1 Å². The van der Waals surface area contributed by atoms with Gasteiger partial charge in [0.2, 0.25) is 0 Å². The van der Waals surface area contributed by atoms with Crippen molar-refractivity contribution >= 4 is 16.1 Å². The van der Waals surface area contributed by atoms with Crippen molar-refractivity contribution in [2.45, 2.75) is 32.0 Å². The van der Waals surface area contributed by atoms with E-state index in [9.17, 15) is 13.2 Å². The predicted octanol–water partition coefficient (Wildman–Crippen LogP) is 0.0485. The summed E-state index contributed by atoms with van der Waals surface area (Å²) in [6.07, 6.45) is 1.94. The van der Waals surface area contributed by atoms with Gasteiger partial charge in [0.1, 0.15) is 15.5 Å². The summed E-state index contributed by atoms with van der Waals surface area (Å²) in [5, 5.41) is 7.62. The Morgan fingerprint density at radius 3 is 2.67 bits per heavy atom. The molecule has 0 bridgehead atoms. The Balaban J connectivity index is 1.91. The third kappa shape index (κ3) is 1.87. The third-order valence-electron chi connectivity index (χ3n) is 3.71. The van der Waals surface area contributed by atoms with Crippen LogP contribution in [0.15, 0.2) is 0 Å². The molecular weight excluding hydrogens is 254 g/mol. The van der Waals surface area contributed by atoms with Crippen LogP contribution in [0.25, 0.3) is 0 Å². The summed E-state index contributed by atoms with van der Waals surface area (Å²) in [6, 6.07) is 0.0410. The van der Waals surface area contributed by atoms with Crippen LogP contribution in [0.2, 0.25) is 0 Å². The molecule has 1 N–H and O–H groups in total. The second kappa shape index (κ2) is 4.17. The van der Waals surface area contributed by atoms with Gasteiger partial charge in [-0.25, -0.2) is 8.42 Å². The van der Waals surface area contributed by atoms with Crippen molar-refractivity contribution in [3.63, 3.8) is 0 Å². The second-order valence-electron chi connectivity index (χ2n) is 4.86. The number of rotatable bonds is 2. The molecule has 2 aliphatic heterocycles. The van der Waals surface area contributed by atoms with E-state index in [2.05, 4.69) is 10.4 Å². The van der Waals surface area contributed by atoms with E-state index in [1.165, 1.54) is 0 Å². The number of sulfone groups is 1. The standard InChI is InChI=1S/C11H15N3O3S/c15-7-11-9-5-12-6-10(9)13-14(11)8-1-3-18(16,17)4-2-8/h7-8,12H,1-6H2.